The lowest BCUT2D eigenvalue weighted by Gasteiger charge is -2.22. The van der Waals surface area contributed by atoms with Gasteiger partial charge in [0.25, 0.3) is 0 Å². The number of halogens is 2. The molecule has 1 aliphatic carbocycles. The summed E-state index contributed by atoms with van der Waals surface area (Å²) in [7, 11) is 0. The monoisotopic (exact) mass is 399 g/mol. The van der Waals surface area contributed by atoms with Crippen molar-refractivity contribution in [3.05, 3.63) is 70.2 Å². The third-order valence-corrected chi connectivity index (χ3v) is 5.90. The van der Waals surface area contributed by atoms with E-state index in [-0.39, 0.29) is 17.5 Å². The molecule has 4 nitrogen and oxygen atoms in total. The Morgan fingerprint density at radius 1 is 1.18 bits per heavy atom. The smallest absolute Gasteiger partial charge is 0.319 e. The molecule has 144 valence electrons. The summed E-state index contributed by atoms with van der Waals surface area (Å²) in [5, 5.41) is 6.28. The minimum atomic E-state index is -0.466. The number of anilines is 1. The predicted molar refractivity (Wildman–Crippen MR) is 106 cm³/mol. The summed E-state index contributed by atoms with van der Waals surface area (Å²) in [5.74, 6) is -0.753. The highest BCUT2D eigenvalue weighted by Crippen LogP contribution is 2.37. The standard InChI is InChI=1S/C21H19F2N3OS/c1-12-5-10-16(15(23)11-12)24-21(27)25-17-3-2-4-18-19(17)26-20(28-18)13-6-8-14(22)9-7-13/h5-11,17H,2-4H2,1H3,(H2,24,25,27). The molecule has 0 saturated carbocycles. The Morgan fingerprint density at radius 3 is 2.71 bits per heavy atom. The zero-order chi connectivity index (χ0) is 19.7. The van der Waals surface area contributed by atoms with Gasteiger partial charge in [-0.1, -0.05) is 6.07 Å². The molecule has 7 heteroatoms. The predicted octanol–water partition coefficient (Wildman–Crippen LogP) is 5.60. The van der Waals surface area contributed by atoms with Crippen LogP contribution in [0.25, 0.3) is 10.6 Å². The lowest BCUT2D eigenvalue weighted by atomic mass is 9.98. The fraction of sp³-hybridized carbons (Fsp3) is 0.238. The molecule has 1 atom stereocenters. The second kappa shape index (κ2) is 7.67. The summed E-state index contributed by atoms with van der Waals surface area (Å²) >= 11 is 1.57. The van der Waals surface area contributed by atoms with Crippen LogP contribution in [0.15, 0.2) is 42.5 Å². The maximum Gasteiger partial charge on any atom is 0.319 e. The highest BCUT2D eigenvalue weighted by Gasteiger charge is 2.26. The van der Waals surface area contributed by atoms with Crippen LogP contribution in [0.4, 0.5) is 19.3 Å². The van der Waals surface area contributed by atoms with E-state index in [0.29, 0.717) is 0 Å². The van der Waals surface area contributed by atoms with Crippen molar-refractivity contribution >= 4 is 23.1 Å². The number of aromatic nitrogens is 1. The molecule has 1 aromatic heterocycles. The number of nitrogens with one attached hydrogen (secondary N) is 2. The van der Waals surface area contributed by atoms with E-state index < -0.39 is 11.8 Å². The van der Waals surface area contributed by atoms with Crippen LogP contribution in [0.3, 0.4) is 0 Å². The first-order valence-corrected chi connectivity index (χ1v) is 9.90. The molecule has 1 heterocycles. The van der Waals surface area contributed by atoms with Crippen LogP contribution in [0.1, 0.15) is 35.0 Å². The van der Waals surface area contributed by atoms with Crippen molar-refractivity contribution in [3.8, 4) is 10.6 Å². The number of urea groups is 1. The normalized spacial score (nSPS) is 15.8. The molecule has 0 fully saturated rings. The SMILES string of the molecule is Cc1ccc(NC(=O)NC2CCCc3sc(-c4ccc(F)cc4)nc32)c(F)c1. The molecule has 2 aromatic carbocycles. The van der Waals surface area contributed by atoms with E-state index in [9.17, 15) is 13.6 Å². The average Bonchev–Trinajstić information content (AvgIpc) is 3.10. The van der Waals surface area contributed by atoms with E-state index in [0.717, 1.165) is 46.0 Å². The molecule has 0 radical (unpaired) electrons. The molecule has 0 spiro atoms. The number of benzene rings is 2. The summed E-state index contributed by atoms with van der Waals surface area (Å²) in [6, 6.07) is 10.2. The van der Waals surface area contributed by atoms with Gasteiger partial charge >= 0.3 is 6.03 Å². The fourth-order valence-corrected chi connectivity index (χ4v) is 4.48. The number of hydrogen-bond donors (Lipinski definition) is 2. The Hall–Kier alpha value is -2.80. The number of carbonyl (C=O) groups is 1. The second-order valence-electron chi connectivity index (χ2n) is 6.86. The Bertz CT molecular complexity index is 1020. The summed E-state index contributed by atoms with van der Waals surface area (Å²) in [5.41, 5.74) is 2.63. The third kappa shape index (κ3) is 3.89. The second-order valence-corrected chi connectivity index (χ2v) is 7.94. The van der Waals surface area contributed by atoms with Crippen LogP contribution in [0.5, 0.6) is 0 Å². The molecular formula is C21H19F2N3OS. The average molecular weight is 399 g/mol. The first-order chi connectivity index (χ1) is 13.5. The van der Waals surface area contributed by atoms with Gasteiger partial charge in [0.15, 0.2) is 0 Å². The molecule has 4 rings (SSSR count). The quantitative estimate of drug-likeness (QED) is 0.603. The lowest BCUT2D eigenvalue weighted by Crippen LogP contribution is -2.34. The van der Waals surface area contributed by atoms with E-state index in [2.05, 4.69) is 10.6 Å². The van der Waals surface area contributed by atoms with Crippen LogP contribution in [0.2, 0.25) is 0 Å². The van der Waals surface area contributed by atoms with Crippen molar-refractivity contribution in [3.63, 3.8) is 0 Å². The Labute approximate surface area is 165 Å². The topological polar surface area (TPSA) is 54.0 Å². The van der Waals surface area contributed by atoms with E-state index in [4.69, 9.17) is 4.98 Å². The number of carbonyl (C=O) groups excluding carboxylic acids is 1. The minimum Gasteiger partial charge on any atom is -0.329 e. The van der Waals surface area contributed by atoms with Crippen molar-refractivity contribution in [2.75, 3.05) is 5.32 Å². The van der Waals surface area contributed by atoms with Gasteiger partial charge in [0.05, 0.1) is 17.4 Å². The number of hydrogen-bond acceptors (Lipinski definition) is 3. The van der Waals surface area contributed by atoms with Crippen molar-refractivity contribution in [1.82, 2.24) is 10.3 Å². The third-order valence-electron chi connectivity index (χ3n) is 4.72. The highest BCUT2D eigenvalue weighted by molar-refractivity contribution is 7.15. The molecular weight excluding hydrogens is 380 g/mol. The Morgan fingerprint density at radius 2 is 1.96 bits per heavy atom. The number of aryl methyl sites for hydroxylation is 2. The Balaban J connectivity index is 1.51. The Kier molecular flexibility index (Phi) is 5.09. The number of fused-ring (bicyclic) bond motifs is 1. The minimum absolute atomic E-state index is 0.143. The molecule has 0 aliphatic heterocycles. The first kappa shape index (κ1) is 18.6. The lowest BCUT2D eigenvalue weighted by molar-refractivity contribution is 0.246. The maximum atomic E-state index is 14.0. The van der Waals surface area contributed by atoms with Crippen LogP contribution in [-0.4, -0.2) is 11.0 Å². The molecule has 2 N–H and O–H groups in total. The van der Waals surface area contributed by atoms with Crippen molar-refractivity contribution < 1.29 is 13.6 Å². The molecule has 1 unspecified atom stereocenters. The van der Waals surface area contributed by atoms with E-state index in [1.54, 1.807) is 42.5 Å². The van der Waals surface area contributed by atoms with Gasteiger partial charge < -0.3 is 10.6 Å². The fourth-order valence-electron chi connectivity index (χ4n) is 3.31. The largest absolute Gasteiger partial charge is 0.329 e. The van der Waals surface area contributed by atoms with Gasteiger partial charge in [-0.2, -0.15) is 0 Å². The number of nitrogens with zero attached hydrogens (tertiary/aromatic N) is 1. The van der Waals surface area contributed by atoms with Crippen LogP contribution in [0, 0.1) is 18.6 Å². The van der Waals surface area contributed by atoms with Crippen molar-refractivity contribution in [2.24, 2.45) is 0 Å². The zero-order valence-electron chi connectivity index (χ0n) is 15.3. The molecule has 28 heavy (non-hydrogen) atoms. The molecule has 3 aromatic rings. The summed E-state index contributed by atoms with van der Waals surface area (Å²) in [6.45, 7) is 1.79. The maximum absolute atomic E-state index is 14.0. The van der Waals surface area contributed by atoms with Crippen LogP contribution < -0.4 is 10.6 Å². The van der Waals surface area contributed by atoms with E-state index in [1.165, 1.54) is 18.2 Å². The molecule has 0 bridgehead atoms. The highest BCUT2D eigenvalue weighted by atomic mass is 32.1. The summed E-state index contributed by atoms with van der Waals surface area (Å²) in [4.78, 5) is 18.2. The van der Waals surface area contributed by atoms with Gasteiger partial charge in [0.1, 0.15) is 16.6 Å². The number of rotatable bonds is 3. The van der Waals surface area contributed by atoms with Crippen LogP contribution >= 0.6 is 11.3 Å². The molecule has 0 saturated heterocycles. The summed E-state index contributed by atoms with van der Waals surface area (Å²) in [6.07, 6.45) is 2.60. The van der Waals surface area contributed by atoms with Gasteiger partial charge in [0.2, 0.25) is 0 Å². The van der Waals surface area contributed by atoms with E-state index in [1.807, 2.05) is 0 Å². The zero-order valence-corrected chi connectivity index (χ0v) is 16.1. The van der Waals surface area contributed by atoms with Crippen molar-refractivity contribution in [1.29, 1.82) is 0 Å². The van der Waals surface area contributed by atoms with Crippen LogP contribution in [-0.2, 0) is 6.42 Å². The summed E-state index contributed by atoms with van der Waals surface area (Å²) < 4.78 is 27.1. The van der Waals surface area contributed by atoms with Gasteiger partial charge in [-0.25, -0.2) is 18.6 Å². The van der Waals surface area contributed by atoms with Gasteiger partial charge in [0, 0.05) is 10.4 Å². The molecule has 1 aliphatic rings. The first-order valence-electron chi connectivity index (χ1n) is 9.09. The van der Waals surface area contributed by atoms with Gasteiger partial charge in [-0.3, -0.25) is 0 Å². The van der Waals surface area contributed by atoms with E-state index >= 15 is 0 Å². The number of amides is 2. The molecule has 2 amide bonds. The number of thiazole rings is 1. The van der Waals surface area contributed by atoms with Gasteiger partial charge in [-0.05, 0) is 68.1 Å². The van der Waals surface area contributed by atoms with Gasteiger partial charge in [-0.15, -0.1) is 11.3 Å². The van der Waals surface area contributed by atoms with Crippen molar-refractivity contribution in [2.45, 2.75) is 32.2 Å².